The molecule has 0 saturated heterocycles. The van der Waals surface area contributed by atoms with Gasteiger partial charge in [-0.05, 0) is 51.3 Å². The van der Waals surface area contributed by atoms with E-state index in [-0.39, 0.29) is 5.92 Å². The van der Waals surface area contributed by atoms with Gasteiger partial charge in [-0.15, -0.1) is 0 Å². The molecule has 0 aromatic rings. The highest BCUT2D eigenvalue weighted by molar-refractivity contribution is 5.82. The fraction of sp³-hybridized carbons (Fsp3) is 0.556. The van der Waals surface area contributed by atoms with Crippen molar-refractivity contribution in [3.05, 3.63) is 29.6 Å². The highest BCUT2D eigenvalue weighted by Gasteiger charge is 2.27. The molecule has 1 unspecified atom stereocenters. The predicted octanol–water partition coefficient (Wildman–Crippen LogP) is 3.07. The van der Waals surface area contributed by atoms with Crippen LogP contribution in [0.25, 0.3) is 0 Å². The Kier molecular flexibility index (Phi) is 6.98. The van der Waals surface area contributed by atoms with Crippen LogP contribution in [0.1, 0.15) is 47.5 Å². The van der Waals surface area contributed by atoms with Crippen molar-refractivity contribution in [1.82, 2.24) is 5.32 Å². The van der Waals surface area contributed by atoms with Crippen molar-refractivity contribution in [1.29, 1.82) is 0 Å². The summed E-state index contributed by atoms with van der Waals surface area (Å²) in [5.41, 5.74) is -0.164. The van der Waals surface area contributed by atoms with E-state index in [1.807, 2.05) is 13.8 Å². The maximum Gasteiger partial charge on any atom is 0.408 e. The lowest BCUT2D eigenvalue weighted by atomic mass is 10.0. The van der Waals surface area contributed by atoms with E-state index in [0.29, 0.717) is 24.2 Å². The standard InChI is InChI=1S/C18H25NO5/c1-12(2)10-15(19-17(22)24-18(3,4)5)16(21)23-14-8-6-13(11-20)7-9-14/h6,8-9,12,15H,7,10H2,1-5H3,(H,19,22). The summed E-state index contributed by atoms with van der Waals surface area (Å²) in [6, 6.07) is -0.808. The van der Waals surface area contributed by atoms with Crippen LogP contribution in [-0.2, 0) is 19.1 Å². The number of alkyl carbamates (subject to hydrolysis) is 1. The topological polar surface area (TPSA) is 81.7 Å². The smallest absolute Gasteiger partial charge is 0.408 e. The monoisotopic (exact) mass is 335 g/mol. The van der Waals surface area contributed by atoms with Gasteiger partial charge in [0.05, 0.1) is 0 Å². The Morgan fingerprint density at radius 2 is 1.96 bits per heavy atom. The quantitative estimate of drug-likeness (QED) is 0.617. The Labute approximate surface area is 142 Å². The first-order valence-electron chi connectivity index (χ1n) is 7.94. The molecule has 1 rings (SSSR count). The van der Waals surface area contributed by atoms with Crippen molar-refractivity contribution in [2.24, 2.45) is 5.92 Å². The molecule has 0 spiro atoms. The van der Waals surface area contributed by atoms with Gasteiger partial charge < -0.3 is 14.8 Å². The molecule has 0 heterocycles. The van der Waals surface area contributed by atoms with Crippen LogP contribution in [0.2, 0.25) is 0 Å². The summed E-state index contributed by atoms with van der Waals surface area (Å²) in [5, 5.41) is 2.56. The van der Waals surface area contributed by atoms with E-state index in [2.05, 4.69) is 5.32 Å². The fourth-order valence-corrected chi connectivity index (χ4v) is 2.00. The van der Waals surface area contributed by atoms with E-state index in [9.17, 15) is 14.4 Å². The molecule has 6 heteroatoms. The number of hydrogen-bond donors (Lipinski definition) is 1. The van der Waals surface area contributed by atoms with E-state index in [1.165, 1.54) is 6.08 Å². The zero-order chi connectivity index (χ0) is 18.3. The highest BCUT2D eigenvalue weighted by Crippen LogP contribution is 2.16. The van der Waals surface area contributed by atoms with E-state index in [1.54, 1.807) is 38.9 Å². The van der Waals surface area contributed by atoms with Gasteiger partial charge >= 0.3 is 12.1 Å². The first kappa shape index (κ1) is 19.7. The van der Waals surface area contributed by atoms with Crippen molar-refractivity contribution in [3.63, 3.8) is 0 Å². The summed E-state index contributed by atoms with van der Waals surface area (Å²) in [6.07, 6.45) is 4.82. The Morgan fingerprint density at radius 3 is 2.42 bits per heavy atom. The first-order chi connectivity index (χ1) is 11.1. The summed E-state index contributed by atoms with van der Waals surface area (Å²) < 4.78 is 10.5. The summed E-state index contributed by atoms with van der Waals surface area (Å²) in [6.45, 7) is 9.13. The number of hydrogen-bond acceptors (Lipinski definition) is 5. The van der Waals surface area contributed by atoms with Crippen LogP contribution in [0.4, 0.5) is 4.79 Å². The molecule has 0 radical (unpaired) electrons. The number of allylic oxidation sites excluding steroid dienone is 4. The Bertz CT molecular complexity index is 589. The van der Waals surface area contributed by atoms with Crippen molar-refractivity contribution in [2.75, 3.05) is 0 Å². The molecule has 0 fully saturated rings. The van der Waals surface area contributed by atoms with Gasteiger partial charge in [0.15, 0.2) is 0 Å². The molecular formula is C18H25NO5. The molecule has 1 amide bonds. The van der Waals surface area contributed by atoms with Gasteiger partial charge in [-0.3, -0.25) is 0 Å². The third-order valence-corrected chi connectivity index (χ3v) is 3.00. The maximum atomic E-state index is 12.3. The Balaban J connectivity index is 2.72. The minimum absolute atomic E-state index is 0.179. The molecule has 24 heavy (non-hydrogen) atoms. The zero-order valence-electron chi connectivity index (χ0n) is 14.8. The van der Waals surface area contributed by atoms with Crippen LogP contribution >= 0.6 is 0 Å². The largest absolute Gasteiger partial charge is 0.444 e. The number of carbonyl (C=O) groups excluding carboxylic acids is 3. The Hall–Kier alpha value is -2.33. The zero-order valence-corrected chi connectivity index (χ0v) is 14.8. The third-order valence-electron chi connectivity index (χ3n) is 3.00. The fourth-order valence-electron chi connectivity index (χ4n) is 2.00. The van der Waals surface area contributed by atoms with Gasteiger partial charge in [-0.25, -0.2) is 14.4 Å². The normalized spacial score (nSPS) is 15.4. The summed E-state index contributed by atoms with van der Waals surface area (Å²) in [7, 11) is 0. The van der Waals surface area contributed by atoms with Crippen LogP contribution in [0.3, 0.4) is 0 Å². The van der Waals surface area contributed by atoms with Gasteiger partial charge in [0, 0.05) is 12.0 Å². The molecule has 132 valence electrons. The maximum absolute atomic E-state index is 12.3. The van der Waals surface area contributed by atoms with E-state index in [4.69, 9.17) is 9.47 Å². The lowest BCUT2D eigenvalue weighted by Crippen LogP contribution is -2.44. The molecule has 6 nitrogen and oxygen atoms in total. The summed E-state index contributed by atoms with van der Waals surface area (Å²) in [4.78, 5) is 34.8. The number of rotatable bonds is 5. The van der Waals surface area contributed by atoms with E-state index < -0.39 is 23.7 Å². The van der Waals surface area contributed by atoms with Crippen LogP contribution in [0.5, 0.6) is 0 Å². The summed E-state index contributed by atoms with van der Waals surface area (Å²) in [5.74, 6) is 1.75. The molecule has 1 N–H and O–H groups in total. The highest BCUT2D eigenvalue weighted by atomic mass is 16.6. The second kappa shape index (κ2) is 8.50. The van der Waals surface area contributed by atoms with Gasteiger partial charge in [0.1, 0.15) is 23.3 Å². The minimum Gasteiger partial charge on any atom is -0.444 e. The van der Waals surface area contributed by atoms with Crippen molar-refractivity contribution in [3.8, 4) is 0 Å². The van der Waals surface area contributed by atoms with Gasteiger partial charge in [-0.1, -0.05) is 13.8 Å². The molecular weight excluding hydrogens is 310 g/mol. The van der Waals surface area contributed by atoms with Crippen molar-refractivity contribution in [2.45, 2.75) is 59.1 Å². The predicted molar refractivity (Wildman–Crippen MR) is 89.8 cm³/mol. The lowest BCUT2D eigenvalue weighted by Gasteiger charge is -2.24. The van der Waals surface area contributed by atoms with Gasteiger partial charge in [-0.2, -0.15) is 0 Å². The SMILES string of the molecule is CC(C)CC(NC(=O)OC(C)(C)C)C(=O)OC1=CCC(=C=O)C=C1. The Morgan fingerprint density at radius 1 is 1.29 bits per heavy atom. The second-order valence-electron chi connectivity index (χ2n) is 7.02. The molecule has 1 atom stereocenters. The van der Waals surface area contributed by atoms with E-state index >= 15 is 0 Å². The average molecular weight is 335 g/mol. The number of carbonyl (C=O) groups is 2. The van der Waals surface area contributed by atoms with Crippen LogP contribution in [0, 0.1) is 5.92 Å². The van der Waals surface area contributed by atoms with Gasteiger partial charge in [0.2, 0.25) is 0 Å². The lowest BCUT2D eigenvalue weighted by molar-refractivity contribution is -0.142. The number of ether oxygens (including phenoxy) is 2. The molecule has 0 aromatic carbocycles. The van der Waals surface area contributed by atoms with Crippen molar-refractivity contribution < 1.29 is 23.9 Å². The minimum atomic E-state index is -0.808. The molecule has 0 bridgehead atoms. The van der Waals surface area contributed by atoms with Gasteiger partial charge in [0.25, 0.3) is 0 Å². The molecule has 0 aromatic heterocycles. The number of amides is 1. The molecule has 0 aliphatic heterocycles. The average Bonchev–Trinajstić information content (AvgIpc) is 2.44. The van der Waals surface area contributed by atoms with Crippen molar-refractivity contribution >= 4 is 18.0 Å². The second-order valence-corrected chi connectivity index (χ2v) is 7.02. The molecule has 1 aliphatic carbocycles. The van der Waals surface area contributed by atoms with Crippen LogP contribution in [0.15, 0.2) is 29.6 Å². The first-order valence-corrected chi connectivity index (χ1v) is 7.94. The molecule has 0 saturated carbocycles. The van der Waals surface area contributed by atoms with Crippen LogP contribution < -0.4 is 5.32 Å². The van der Waals surface area contributed by atoms with Crippen LogP contribution in [-0.4, -0.2) is 29.6 Å². The number of esters is 1. The summed E-state index contributed by atoms with van der Waals surface area (Å²) >= 11 is 0. The van der Waals surface area contributed by atoms with E-state index in [0.717, 1.165) is 0 Å². The number of nitrogens with one attached hydrogen (secondary N) is 1. The molecule has 1 aliphatic rings. The third kappa shape index (κ3) is 7.29.